The summed E-state index contributed by atoms with van der Waals surface area (Å²) in [5.74, 6) is 3.73. The smallest absolute Gasteiger partial charge is 0.0230 e. The normalized spacial score (nSPS) is 10.6. The first kappa shape index (κ1) is 37.7. The third-order valence-electron chi connectivity index (χ3n) is 2.09. The van der Waals surface area contributed by atoms with E-state index in [1.807, 2.05) is 13.8 Å². The molecule has 0 aliphatic rings. The molecule has 0 N–H and O–H groups in total. The van der Waals surface area contributed by atoms with Crippen molar-refractivity contribution in [3.8, 4) is 0 Å². The molecule has 0 aromatic rings. The van der Waals surface area contributed by atoms with Crippen molar-refractivity contribution in [2.24, 2.45) is 29.6 Å². The molecule has 0 aliphatic heterocycles. The van der Waals surface area contributed by atoms with E-state index in [1.54, 1.807) is 0 Å². The molecule has 0 radical (unpaired) electrons. The molecular formula is C27H70. The Labute approximate surface area is 185 Å². The Morgan fingerprint density at radius 1 is 0.519 bits per heavy atom. The van der Waals surface area contributed by atoms with Gasteiger partial charge in [-0.15, -0.1) is 0 Å². The van der Waals surface area contributed by atoms with Crippen molar-refractivity contribution in [1.82, 2.24) is 0 Å². The van der Waals surface area contributed by atoms with Gasteiger partial charge in [-0.25, -0.2) is 0 Å². The summed E-state index contributed by atoms with van der Waals surface area (Å²) in [6, 6.07) is 0. The lowest BCUT2D eigenvalue weighted by Crippen LogP contribution is -1.81. The molecule has 0 aliphatic carbocycles. The number of hydrogen-bond donors (Lipinski definition) is 0. The van der Waals surface area contributed by atoms with Crippen LogP contribution in [-0.4, -0.2) is 0 Å². The van der Waals surface area contributed by atoms with Gasteiger partial charge in [-0.3, -0.25) is 0 Å². The molecule has 0 spiro atoms. The average molecular weight is 398 g/mol. The van der Waals surface area contributed by atoms with Crippen LogP contribution in [0, 0.1) is 29.6 Å². The van der Waals surface area contributed by atoms with Gasteiger partial charge in [0.2, 0.25) is 0 Å². The van der Waals surface area contributed by atoms with Crippen molar-refractivity contribution in [2.75, 3.05) is 0 Å². The predicted octanol–water partition coefficient (Wildman–Crippen LogP) is 11.8. The highest BCUT2D eigenvalue weighted by Crippen LogP contribution is 2.00. The molecule has 0 saturated carbocycles. The molecule has 0 unspecified atom stereocenters. The molecule has 27 heavy (non-hydrogen) atoms. The molecule has 0 rings (SSSR count). The van der Waals surface area contributed by atoms with E-state index < -0.39 is 6.85 Å². The summed E-state index contributed by atoms with van der Waals surface area (Å²) in [7, 11) is 0. The van der Waals surface area contributed by atoms with Gasteiger partial charge in [-0.05, 0) is 29.6 Å². The van der Waals surface area contributed by atoms with Gasteiger partial charge < -0.3 is 0 Å². The second-order valence-electron chi connectivity index (χ2n) is 9.05. The molecule has 0 fully saturated rings. The van der Waals surface area contributed by atoms with Gasteiger partial charge in [-0.2, -0.15) is 0 Å². The Morgan fingerprint density at radius 3 is 0.741 bits per heavy atom. The van der Waals surface area contributed by atoms with Crippen LogP contribution in [0.15, 0.2) is 0 Å². The summed E-state index contributed by atoms with van der Waals surface area (Å²) < 4.78 is 20.4. The van der Waals surface area contributed by atoms with Crippen molar-refractivity contribution in [1.29, 1.82) is 0 Å². The maximum Gasteiger partial charge on any atom is 0.0230 e. The Morgan fingerprint density at radius 2 is 0.741 bits per heavy atom. The van der Waals surface area contributed by atoms with Crippen LogP contribution in [0.3, 0.4) is 0 Å². The fraction of sp³-hybridized carbons (Fsp3) is 1.00. The molecule has 0 atom stereocenters. The summed E-state index contributed by atoms with van der Waals surface area (Å²) in [6.45, 7) is 28.5. The molecule has 178 valence electrons. The third kappa shape index (κ3) is 306. The Kier molecular flexibility index (Phi) is 62.9. The van der Waals surface area contributed by atoms with Gasteiger partial charge >= 0.3 is 0 Å². The Bertz CT molecular complexity index is 215. The minimum absolute atomic E-state index is 0. The topological polar surface area (TPSA) is 0 Å². The monoisotopic (exact) mass is 398 g/mol. The fourth-order valence-electron chi connectivity index (χ4n) is 0.577. The third-order valence-corrected chi connectivity index (χ3v) is 2.09. The maximum absolute atomic E-state index is 6.80. The second kappa shape index (κ2) is 45.0. The summed E-state index contributed by atoms with van der Waals surface area (Å²) >= 11 is 0. The van der Waals surface area contributed by atoms with Gasteiger partial charge in [0.05, 0.1) is 0 Å². The zero-order chi connectivity index (χ0) is 23.2. The first-order valence-corrected chi connectivity index (χ1v) is 10.4. The van der Waals surface area contributed by atoms with E-state index in [4.69, 9.17) is 4.11 Å². The minimum Gasteiger partial charge on any atom is -0.0776 e. The lowest BCUT2D eigenvalue weighted by atomic mass is 10.1. The highest BCUT2D eigenvalue weighted by Gasteiger charge is 1.85. The van der Waals surface area contributed by atoms with Crippen molar-refractivity contribution in [3.63, 3.8) is 0 Å². The van der Waals surface area contributed by atoms with Gasteiger partial charge in [-0.1, -0.05) is 152 Å². The molecule has 0 aromatic heterocycles. The van der Waals surface area contributed by atoms with Crippen LogP contribution in [0.5, 0.6) is 0 Å². The van der Waals surface area contributed by atoms with Gasteiger partial charge in [0, 0.05) is 4.11 Å². The number of rotatable bonds is 4. The number of hydrogen-bond acceptors (Lipinski definition) is 0. The van der Waals surface area contributed by atoms with E-state index in [2.05, 4.69) is 83.1 Å². The lowest BCUT2D eigenvalue weighted by molar-refractivity contribution is 0.576. The summed E-state index contributed by atoms with van der Waals surface area (Å²) in [5, 5.41) is 0. The zero-order valence-electron chi connectivity index (χ0n) is 23.2. The maximum atomic E-state index is 6.80. The molecule has 0 bridgehead atoms. The summed E-state index contributed by atoms with van der Waals surface area (Å²) in [4.78, 5) is 0. The fourth-order valence-corrected chi connectivity index (χ4v) is 0.577. The van der Waals surface area contributed by atoms with Crippen LogP contribution >= 0.6 is 0 Å². The molecular weight excluding hydrogens is 324 g/mol. The largest absolute Gasteiger partial charge is 0.0776 e. The van der Waals surface area contributed by atoms with Crippen molar-refractivity contribution >= 4 is 0 Å². The molecule has 0 saturated heterocycles. The van der Waals surface area contributed by atoms with Crippen LogP contribution in [0.4, 0.5) is 0 Å². The van der Waals surface area contributed by atoms with E-state index in [9.17, 15) is 0 Å². The first-order chi connectivity index (χ1) is 11.9. The first-order valence-electron chi connectivity index (χ1n) is 11.9. The van der Waals surface area contributed by atoms with Crippen LogP contribution in [0.25, 0.3) is 0 Å². The van der Waals surface area contributed by atoms with Crippen LogP contribution < -0.4 is 0 Å². The minimum atomic E-state index is -1.73. The van der Waals surface area contributed by atoms with E-state index in [0.717, 1.165) is 23.7 Å². The van der Waals surface area contributed by atoms with Crippen LogP contribution in [0.1, 0.15) is 156 Å². The molecule has 0 aromatic carbocycles. The highest BCUT2D eigenvalue weighted by atomic mass is 13.9. The van der Waals surface area contributed by atoms with Crippen molar-refractivity contribution in [2.45, 2.75) is 152 Å². The van der Waals surface area contributed by atoms with E-state index in [-0.39, 0.29) is 28.2 Å². The Hall–Kier alpha value is 0. The molecule has 0 nitrogen and oxygen atoms in total. The van der Waals surface area contributed by atoms with E-state index in [1.165, 1.54) is 19.3 Å². The SMILES string of the molecule is C.C.C.CC(C)C.CC(C)C.CCC(C)C.CCCC(C)C.[2H]C([2H])([2H])CC(C)C. The Balaban J connectivity index is -0.0000000336. The highest BCUT2D eigenvalue weighted by molar-refractivity contribution is 4.38. The average Bonchev–Trinajstić information content (AvgIpc) is 2.35. The summed E-state index contributed by atoms with van der Waals surface area (Å²) in [5.41, 5.74) is 0. The molecule has 0 heteroatoms. The summed E-state index contributed by atoms with van der Waals surface area (Å²) in [6.07, 6.45) is 4.34. The van der Waals surface area contributed by atoms with Crippen LogP contribution in [0.2, 0.25) is 0 Å². The van der Waals surface area contributed by atoms with E-state index >= 15 is 0 Å². The van der Waals surface area contributed by atoms with Crippen molar-refractivity contribution in [3.05, 3.63) is 0 Å². The van der Waals surface area contributed by atoms with Gasteiger partial charge in [0.25, 0.3) is 0 Å². The molecule has 0 heterocycles. The predicted molar refractivity (Wildman–Crippen MR) is 141 cm³/mol. The second-order valence-corrected chi connectivity index (χ2v) is 9.05. The molecule has 0 amide bonds. The standard InChI is InChI=1S/C6H14.2C5H12.2C4H10.3CH4/c1-4-5-6(2)3;2*1-4-5(2)3;2*1-4(2)3;;;/h6H,4-5H2,1-3H3;2*5H,4H2,1-3H3;2*4H,1-3H3;3*1H4/i;1D3;;;;;;. The quantitative estimate of drug-likeness (QED) is 0.442. The van der Waals surface area contributed by atoms with Crippen LogP contribution in [-0.2, 0) is 0 Å². The zero-order valence-corrected chi connectivity index (χ0v) is 20.2. The van der Waals surface area contributed by atoms with E-state index in [0.29, 0.717) is 6.42 Å². The van der Waals surface area contributed by atoms with Gasteiger partial charge in [0.1, 0.15) is 0 Å². The van der Waals surface area contributed by atoms with Crippen molar-refractivity contribution < 1.29 is 4.11 Å². The van der Waals surface area contributed by atoms with Gasteiger partial charge in [0.15, 0.2) is 0 Å². The lowest BCUT2D eigenvalue weighted by Gasteiger charge is -1.95.